The molecule has 1 aromatic carbocycles. The largest absolute Gasteiger partial charge is 0.326 e. The Morgan fingerprint density at radius 2 is 2.40 bits per heavy atom. The van der Waals surface area contributed by atoms with Gasteiger partial charge >= 0.3 is 0 Å². The van der Waals surface area contributed by atoms with Crippen molar-refractivity contribution in [2.24, 2.45) is 0 Å². The lowest BCUT2D eigenvalue weighted by molar-refractivity contribution is 0.514. The number of nitrogens with one attached hydrogen (secondary N) is 1. The van der Waals surface area contributed by atoms with E-state index in [1.54, 1.807) is 0 Å². The highest BCUT2D eigenvalue weighted by molar-refractivity contribution is 5.77. The Bertz CT molecular complexity index is 562. The first-order chi connectivity index (χ1) is 7.38. The molecule has 4 nitrogen and oxygen atoms in total. The lowest BCUT2D eigenvalue weighted by Gasteiger charge is -2.15. The van der Waals surface area contributed by atoms with Crippen LogP contribution in [0.4, 0.5) is 0 Å². The Morgan fingerprint density at radius 1 is 1.47 bits per heavy atom. The molecule has 1 aromatic heterocycles. The molecule has 3 rings (SSSR count). The summed E-state index contributed by atoms with van der Waals surface area (Å²) in [5.41, 5.74) is 2.75. The number of rotatable bonds is 0. The van der Waals surface area contributed by atoms with Crippen LogP contribution < -0.4 is 5.32 Å². The van der Waals surface area contributed by atoms with Gasteiger partial charge in [-0.25, -0.2) is 4.98 Å². The van der Waals surface area contributed by atoms with Crippen molar-refractivity contribution in [1.29, 1.82) is 5.26 Å². The predicted octanol–water partition coefficient (Wildman–Crippen LogP) is 1.01. The van der Waals surface area contributed by atoms with Gasteiger partial charge < -0.3 is 9.88 Å². The van der Waals surface area contributed by atoms with E-state index in [9.17, 15) is 0 Å². The Morgan fingerprint density at radius 3 is 3.27 bits per heavy atom. The van der Waals surface area contributed by atoms with Gasteiger partial charge in [-0.05, 0) is 18.2 Å². The van der Waals surface area contributed by atoms with Gasteiger partial charge in [-0.15, -0.1) is 0 Å². The number of benzene rings is 1. The summed E-state index contributed by atoms with van der Waals surface area (Å²) in [5.74, 6) is 1.06. The standard InChI is InChI=1S/C11H10N4/c12-6-8-1-2-9-10(5-8)15-4-3-13-7-11(15)14-9/h1-2,5,13H,3-4,7H2. The van der Waals surface area contributed by atoms with Crippen LogP contribution >= 0.6 is 0 Å². The van der Waals surface area contributed by atoms with Gasteiger partial charge in [0.2, 0.25) is 0 Å². The summed E-state index contributed by atoms with van der Waals surface area (Å²) in [6.07, 6.45) is 0. The second kappa shape index (κ2) is 3.07. The van der Waals surface area contributed by atoms with Crippen molar-refractivity contribution in [2.45, 2.75) is 13.1 Å². The zero-order valence-corrected chi connectivity index (χ0v) is 8.20. The fraction of sp³-hybridized carbons (Fsp3) is 0.273. The Balaban J connectivity index is 2.30. The van der Waals surface area contributed by atoms with Crippen LogP contribution in [0.1, 0.15) is 11.4 Å². The number of fused-ring (bicyclic) bond motifs is 3. The molecule has 2 heterocycles. The van der Waals surface area contributed by atoms with Crippen molar-refractivity contribution in [1.82, 2.24) is 14.9 Å². The molecule has 0 unspecified atom stereocenters. The smallest absolute Gasteiger partial charge is 0.123 e. The van der Waals surface area contributed by atoms with E-state index in [2.05, 4.69) is 20.9 Å². The summed E-state index contributed by atoms with van der Waals surface area (Å²) < 4.78 is 2.19. The van der Waals surface area contributed by atoms with E-state index in [-0.39, 0.29) is 0 Å². The molecule has 0 amide bonds. The fourth-order valence-electron chi connectivity index (χ4n) is 2.02. The molecule has 0 radical (unpaired) electrons. The van der Waals surface area contributed by atoms with Crippen LogP contribution in [-0.4, -0.2) is 16.1 Å². The van der Waals surface area contributed by atoms with E-state index in [1.165, 1.54) is 0 Å². The summed E-state index contributed by atoms with van der Waals surface area (Å²) >= 11 is 0. The van der Waals surface area contributed by atoms with Crippen molar-refractivity contribution in [3.8, 4) is 6.07 Å². The first-order valence-corrected chi connectivity index (χ1v) is 4.98. The van der Waals surface area contributed by atoms with Gasteiger partial charge in [0.25, 0.3) is 0 Å². The molecule has 0 fully saturated rings. The number of nitrogens with zero attached hydrogens (tertiary/aromatic N) is 3. The maximum absolute atomic E-state index is 8.85. The van der Waals surface area contributed by atoms with Gasteiger partial charge in [0.1, 0.15) is 5.82 Å². The minimum absolute atomic E-state index is 0.698. The highest BCUT2D eigenvalue weighted by Gasteiger charge is 2.13. The van der Waals surface area contributed by atoms with Crippen LogP contribution in [0.5, 0.6) is 0 Å². The summed E-state index contributed by atoms with van der Waals surface area (Å²) in [6, 6.07) is 7.80. The summed E-state index contributed by atoms with van der Waals surface area (Å²) in [4.78, 5) is 4.52. The summed E-state index contributed by atoms with van der Waals surface area (Å²) in [6.45, 7) is 2.71. The molecule has 0 spiro atoms. The third kappa shape index (κ3) is 1.21. The second-order valence-corrected chi connectivity index (χ2v) is 3.67. The van der Waals surface area contributed by atoms with Gasteiger partial charge in [-0.3, -0.25) is 0 Å². The fourth-order valence-corrected chi connectivity index (χ4v) is 2.02. The topological polar surface area (TPSA) is 53.6 Å². The van der Waals surface area contributed by atoms with Crippen LogP contribution in [0.15, 0.2) is 18.2 Å². The molecule has 15 heavy (non-hydrogen) atoms. The Kier molecular flexibility index (Phi) is 1.73. The number of nitriles is 1. The zero-order chi connectivity index (χ0) is 10.3. The van der Waals surface area contributed by atoms with Crippen LogP contribution in [0.2, 0.25) is 0 Å². The van der Waals surface area contributed by atoms with E-state index < -0.39 is 0 Å². The van der Waals surface area contributed by atoms with E-state index in [4.69, 9.17) is 5.26 Å². The molecule has 0 saturated heterocycles. The first kappa shape index (κ1) is 8.45. The van der Waals surface area contributed by atoms with Crippen LogP contribution in [0.3, 0.4) is 0 Å². The minimum atomic E-state index is 0.698. The quantitative estimate of drug-likeness (QED) is 0.687. The predicted molar refractivity (Wildman–Crippen MR) is 56.2 cm³/mol. The molecular weight excluding hydrogens is 188 g/mol. The summed E-state index contributed by atoms with van der Waals surface area (Å²) in [5, 5.41) is 12.1. The number of hydrogen-bond donors (Lipinski definition) is 1. The van der Waals surface area contributed by atoms with Crippen LogP contribution in [0, 0.1) is 11.3 Å². The maximum atomic E-state index is 8.85. The average Bonchev–Trinajstić information content (AvgIpc) is 2.66. The SMILES string of the molecule is N#Cc1ccc2nc3n(c2c1)CCNC3. The molecule has 74 valence electrons. The number of hydrogen-bond acceptors (Lipinski definition) is 3. The van der Waals surface area contributed by atoms with Gasteiger partial charge in [-0.1, -0.05) is 0 Å². The highest BCUT2D eigenvalue weighted by Crippen LogP contribution is 2.19. The molecule has 4 heteroatoms. The molecule has 0 atom stereocenters. The molecule has 1 aliphatic heterocycles. The normalized spacial score (nSPS) is 14.9. The highest BCUT2D eigenvalue weighted by atomic mass is 15.2. The lowest BCUT2D eigenvalue weighted by Crippen LogP contribution is -2.28. The zero-order valence-electron chi connectivity index (χ0n) is 8.20. The van der Waals surface area contributed by atoms with E-state index in [0.717, 1.165) is 36.5 Å². The Labute approximate surface area is 87.1 Å². The van der Waals surface area contributed by atoms with Gasteiger partial charge in [0.05, 0.1) is 29.2 Å². The molecule has 0 bridgehead atoms. The van der Waals surface area contributed by atoms with Gasteiger partial charge in [0.15, 0.2) is 0 Å². The van der Waals surface area contributed by atoms with Crippen molar-refractivity contribution >= 4 is 11.0 Å². The van der Waals surface area contributed by atoms with Gasteiger partial charge in [-0.2, -0.15) is 5.26 Å². The van der Waals surface area contributed by atoms with Gasteiger partial charge in [0, 0.05) is 13.1 Å². The first-order valence-electron chi connectivity index (χ1n) is 4.98. The van der Waals surface area contributed by atoms with Crippen molar-refractivity contribution in [2.75, 3.05) is 6.54 Å². The molecular formula is C11H10N4. The number of imidazole rings is 1. The molecule has 0 saturated carbocycles. The molecule has 0 aliphatic carbocycles. The van der Waals surface area contributed by atoms with Crippen LogP contribution in [-0.2, 0) is 13.1 Å². The van der Waals surface area contributed by atoms with Crippen molar-refractivity contribution < 1.29 is 0 Å². The van der Waals surface area contributed by atoms with E-state index >= 15 is 0 Å². The molecule has 1 aliphatic rings. The molecule has 2 aromatic rings. The van der Waals surface area contributed by atoms with Crippen molar-refractivity contribution in [3.05, 3.63) is 29.6 Å². The third-order valence-electron chi connectivity index (χ3n) is 2.75. The monoisotopic (exact) mass is 198 g/mol. The minimum Gasteiger partial charge on any atom is -0.326 e. The van der Waals surface area contributed by atoms with Crippen LogP contribution in [0.25, 0.3) is 11.0 Å². The average molecular weight is 198 g/mol. The summed E-state index contributed by atoms with van der Waals surface area (Å²) in [7, 11) is 0. The maximum Gasteiger partial charge on any atom is 0.123 e. The lowest BCUT2D eigenvalue weighted by atomic mass is 10.2. The van der Waals surface area contributed by atoms with E-state index in [0.29, 0.717) is 5.56 Å². The third-order valence-corrected chi connectivity index (χ3v) is 2.75. The second-order valence-electron chi connectivity index (χ2n) is 3.67. The number of aromatic nitrogens is 2. The van der Waals surface area contributed by atoms with Crippen molar-refractivity contribution in [3.63, 3.8) is 0 Å². The van der Waals surface area contributed by atoms with E-state index in [1.807, 2.05) is 18.2 Å². The molecule has 1 N–H and O–H groups in total. The Hall–Kier alpha value is -1.86.